The highest BCUT2D eigenvalue weighted by Gasteiger charge is 2.45. The lowest BCUT2D eigenvalue weighted by Gasteiger charge is -2.25. The first kappa shape index (κ1) is 24.4. The zero-order chi connectivity index (χ0) is 24.8. The Morgan fingerprint density at radius 3 is 2.24 bits per heavy atom. The Balaban J connectivity index is 1.99. The van der Waals surface area contributed by atoms with Crippen LogP contribution < -0.4 is 4.74 Å². The van der Waals surface area contributed by atoms with Gasteiger partial charge in [0.15, 0.2) is 0 Å². The molecule has 1 heterocycles. The minimum Gasteiger partial charge on any atom is -0.507 e. The number of carbonyl (C=O) groups is 3. The van der Waals surface area contributed by atoms with Gasteiger partial charge in [0.25, 0.3) is 17.4 Å². The van der Waals surface area contributed by atoms with Gasteiger partial charge in [0.1, 0.15) is 11.5 Å². The molecule has 1 aliphatic rings. The van der Waals surface area contributed by atoms with Gasteiger partial charge in [0.05, 0.1) is 23.6 Å². The average Bonchev–Trinajstić information content (AvgIpc) is 3.08. The van der Waals surface area contributed by atoms with Crippen molar-refractivity contribution in [1.29, 1.82) is 0 Å². The number of unbranched alkanes of at least 4 members (excludes halogenated alkanes) is 2. The summed E-state index contributed by atoms with van der Waals surface area (Å²) in [7, 11) is 1.49. The Labute approximate surface area is 195 Å². The number of likely N-dealkylation sites (tertiary alicyclic amines) is 1. The topological polar surface area (TPSA) is 147 Å². The van der Waals surface area contributed by atoms with E-state index < -0.39 is 28.6 Å². The Bertz CT molecular complexity index is 1120. The molecule has 2 N–H and O–H groups in total. The van der Waals surface area contributed by atoms with Crippen molar-refractivity contribution in [1.82, 2.24) is 4.90 Å². The SMILES string of the molecule is COc1ccc(C(O)=C2C(=O)C(=O)N(CCCCCC(=O)O)[C@H]2c2ccc([N+](=O)[O-])cc2)cc1. The van der Waals surface area contributed by atoms with Crippen LogP contribution in [0, 0.1) is 10.1 Å². The molecular weight excluding hydrogens is 444 g/mol. The third-order valence-corrected chi connectivity index (χ3v) is 5.61. The van der Waals surface area contributed by atoms with Gasteiger partial charge in [-0.15, -0.1) is 0 Å². The van der Waals surface area contributed by atoms with Crippen molar-refractivity contribution >= 4 is 29.1 Å². The van der Waals surface area contributed by atoms with Crippen LogP contribution in [0.2, 0.25) is 0 Å². The van der Waals surface area contributed by atoms with Gasteiger partial charge in [-0.2, -0.15) is 0 Å². The second-order valence-electron chi connectivity index (χ2n) is 7.77. The Kier molecular flexibility index (Phi) is 7.62. The number of non-ortho nitro benzene ring substituents is 1. The van der Waals surface area contributed by atoms with Crippen molar-refractivity contribution in [3.63, 3.8) is 0 Å². The number of methoxy groups -OCH3 is 1. The minimum absolute atomic E-state index is 0.00205. The number of amides is 1. The van der Waals surface area contributed by atoms with Crippen LogP contribution in [-0.4, -0.2) is 51.4 Å². The van der Waals surface area contributed by atoms with E-state index in [1.54, 1.807) is 24.3 Å². The zero-order valence-electron chi connectivity index (χ0n) is 18.5. The maximum Gasteiger partial charge on any atom is 0.303 e. The van der Waals surface area contributed by atoms with Crippen LogP contribution in [0.4, 0.5) is 5.69 Å². The van der Waals surface area contributed by atoms with E-state index in [4.69, 9.17) is 9.84 Å². The number of hydrogen-bond acceptors (Lipinski definition) is 7. The van der Waals surface area contributed by atoms with Crippen molar-refractivity contribution in [2.45, 2.75) is 31.7 Å². The van der Waals surface area contributed by atoms with E-state index in [0.29, 0.717) is 36.1 Å². The lowest BCUT2D eigenvalue weighted by atomic mass is 9.95. The molecule has 0 unspecified atom stereocenters. The van der Waals surface area contributed by atoms with Crippen LogP contribution >= 0.6 is 0 Å². The number of aliphatic hydroxyl groups excluding tert-OH is 1. The molecule has 1 fully saturated rings. The maximum absolute atomic E-state index is 13.0. The average molecular weight is 468 g/mol. The Morgan fingerprint density at radius 1 is 1.03 bits per heavy atom. The van der Waals surface area contributed by atoms with Crippen molar-refractivity contribution in [3.8, 4) is 5.75 Å². The summed E-state index contributed by atoms with van der Waals surface area (Å²) in [6, 6.07) is 10.8. The molecule has 0 saturated carbocycles. The third kappa shape index (κ3) is 5.22. The maximum atomic E-state index is 13.0. The Morgan fingerprint density at radius 2 is 1.68 bits per heavy atom. The second-order valence-corrected chi connectivity index (χ2v) is 7.77. The predicted molar refractivity (Wildman–Crippen MR) is 121 cm³/mol. The summed E-state index contributed by atoms with van der Waals surface area (Å²) in [5.41, 5.74) is 0.483. The number of Topliss-reactive ketones (excluding diaryl/α,β-unsaturated/α-hetero) is 1. The van der Waals surface area contributed by atoms with E-state index in [0.717, 1.165) is 0 Å². The highest BCUT2D eigenvalue weighted by Crippen LogP contribution is 2.40. The highest BCUT2D eigenvalue weighted by atomic mass is 16.6. The van der Waals surface area contributed by atoms with E-state index in [-0.39, 0.29) is 30.0 Å². The number of rotatable bonds is 10. The van der Waals surface area contributed by atoms with Crippen LogP contribution in [0.5, 0.6) is 5.75 Å². The van der Waals surface area contributed by atoms with Crippen LogP contribution in [0.3, 0.4) is 0 Å². The number of aliphatic carboxylic acids is 1. The summed E-state index contributed by atoms with van der Waals surface area (Å²) in [5.74, 6) is -2.38. The summed E-state index contributed by atoms with van der Waals surface area (Å²) in [5, 5.41) is 30.8. The van der Waals surface area contributed by atoms with Gasteiger partial charge < -0.3 is 19.8 Å². The number of ether oxygens (including phenoxy) is 1. The van der Waals surface area contributed by atoms with Gasteiger partial charge in [0.2, 0.25) is 0 Å². The lowest BCUT2D eigenvalue weighted by molar-refractivity contribution is -0.384. The quantitative estimate of drug-likeness (QED) is 0.134. The van der Waals surface area contributed by atoms with Crippen molar-refractivity contribution in [3.05, 3.63) is 75.3 Å². The molecule has 0 spiro atoms. The van der Waals surface area contributed by atoms with Gasteiger partial charge in [-0.05, 0) is 54.8 Å². The number of benzene rings is 2. The van der Waals surface area contributed by atoms with Gasteiger partial charge in [-0.25, -0.2) is 0 Å². The molecule has 1 atom stereocenters. The second kappa shape index (κ2) is 10.6. The lowest BCUT2D eigenvalue weighted by Crippen LogP contribution is -2.30. The number of carbonyl (C=O) groups excluding carboxylic acids is 2. The number of carboxylic acid groups (broad SMARTS) is 1. The monoisotopic (exact) mass is 468 g/mol. The van der Waals surface area contributed by atoms with E-state index in [2.05, 4.69) is 0 Å². The largest absolute Gasteiger partial charge is 0.507 e. The fourth-order valence-corrected chi connectivity index (χ4v) is 3.88. The van der Waals surface area contributed by atoms with E-state index in [1.807, 2.05) is 0 Å². The molecule has 34 heavy (non-hydrogen) atoms. The van der Waals surface area contributed by atoms with Gasteiger partial charge in [-0.1, -0.05) is 6.42 Å². The zero-order valence-corrected chi connectivity index (χ0v) is 18.5. The first-order valence-corrected chi connectivity index (χ1v) is 10.6. The molecular formula is C24H24N2O8. The van der Waals surface area contributed by atoms with E-state index in [9.17, 15) is 29.6 Å². The number of nitro groups is 1. The van der Waals surface area contributed by atoms with Gasteiger partial charge >= 0.3 is 5.97 Å². The number of nitro benzene ring substituents is 1. The normalized spacial score (nSPS) is 17.1. The van der Waals surface area contributed by atoms with Gasteiger partial charge in [0, 0.05) is 30.7 Å². The first-order chi connectivity index (χ1) is 16.2. The number of aliphatic hydroxyl groups is 1. The summed E-state index contributed by atoms with van der Waals surface area (Å²) < 4.78 is 5.11. The molecule has 10 heteroatoms. The minimum atomic E-state index is -0.942. The van der Waals surface area contributed by atoms with E-state index >= 15 is 0 Å². The Hall–Kier alpha value is -4.21. The van der Waals surface area contributed by atoms with Crippen molar-refractivity contribution < 1.29 is 34.3 Å². The van der Waals surface area contributed by atoms with Crippen molar-refractivity contribution in [2.24, 2.45) is 0 Å². The van der Waals surface area contributed by atoms with Crippen molar-refractivity contribution in [2.75, 3.05) is 13.7 Å². The van der Waals surface area contributed by atoms with Crippen LogP contribution in [0.15, 0.2) is 54.1 Å². The van der Waals surface area contributed by atoms with Gasteiger partial charge in [-0.3, -0.25) is 24.5 Å². The number of nitrogens with zero attached hydrogens (tertiary/aromatic N) is 2. The van der Waals surface area contributed by atoms with Crippen LogP contribution in [0.1, 0.15) is 42.9 Å². The molecule has 3 rings (SSSR count). The van der Waals surface area contributed by atoms with Crippen LogP contribution in [0.25, 0.3) is 5.76 Å². The number of hydrogen-bond donors (Lipinski definition) is 2. The standard InChI is InChI=1S/C24H24N2O8/c1-34-18-12-8-16(9-13-18)22(29)20-21(15-6-10-17(11-7-15)26(32)33)25(24(31)23(20)30)14-4-2-3-5-19(27)28/h6-13,21,29H,2-5,14H2,1H3,(H,27,28)/t21-/m0/s1. The summed E-state index contributed by atoms with van der Waals surface area (Å²) in [6.07, 6.45) is 1.41. The predicted octanol–water partition coefficient (Wildman–Crippen LogP) is 3.67. The molecule has 1 aliphatic heterocycles. The molecule has 2 aromatic carbocycles. The smallest absolute Gasteiger partial charge is 0.303 e. The summed E-state index contributed by atoms with van der Waals surface area (Å²) in [4.78, 5) is 48.4. The molecule has 2 aromatic rings. The molecule has 1 saturated heterocycles. The molecule has 1 amide bonds. The van der Waals surface area contributed by atoms with E-state index in [1.165, 1.54) is 36.3 Å². The molecule has 0 aromatic heterocycles. The van der Waals surface area contributed by atoms with Crippen LogP contribution in [-0.2, 0) is 14.4 Å². The number of carboxylic acids is 1. The first-order valence-electron chi connectivity index (χ1n) is 10.6. The molecule has 0 radical (unpaired) electrons. The summed E-state index contributed by atoms with van der Waals surface area (Å²) >= 11 is 0. The highest BCUT2D eigenvalue weighted by molar-refractivity contribution is 6.46. The summed E-state index contributed by atoms with van der Waals surface area (Å²) in [6.45, 7) is 0.158. The third-order valence-electron chi connectivity index (χ3n) is 5.61. The number of ketones is 1. The molecule has 0 bridgehead atoms. The molecule has 0 aliphatic carbocycles. The molecule has 10 nitrogen and oxygen atoms in total. The fourth-order valence-electron chi connectivity index (χ4n) is 3.88. The molecule has 178 valence electrons. The fraction of sp³-hybridized carbons (Fsp3) is 0.292.